The van der Waals surface area contributed by atoms with Crippen LogP contribution < -0.4 is 5.32 Å². The van der Waals surface area contributed by atoms with Gasteiger partial charge in [-0.05, 0) is 32.1 Å². The molecule has 1 saturated carbocycles. The zero-order chi connectivity index (χ0) is 16.2. The standard InChI is InChI=1S/C16H25N3O3S/c1-11-10-23-15(17-11)14-9-19(6-8-22-14)16(21)18-13-4-2-3-12(13)5-7-20/h10,12-14,20H,2-9H2,1H3,(H,18,21)/t12-,13-,14+/m1/s1. The second-order valence-corrected chi connectivity index (χ2v) is 7.28. The van der Waals surface area contributed by atoms with Crippen LogP contribution in [0, 0.1) is 12.8 Å². The first-order valence-corrected chi connectivity index (χ1v) is 9.25. The Bertz CT molecular complexity index is 536. The molecule has 1 aromatic rings. The normalized spacial score (nSPS) is 28.1. The maximum Gasteiger partial charge on any atom is 0.317 e. The van der Waals surface area contributed by atoms with Gasteiger partial charge in [0.05, 0.1) is 13.2 Å². The van der Waals surface area contributed by atoms with Crippen molar-refractivity contribution in [3.63, 3.8) is 0 Å². The molecule has 0 unspecified atom stereocenters. The molecule has 6 nitrogen and oxygen atoms in total. The van der Waals surface area contributed by atoms with E-state index in [0.717, 1.165) is 36.4 Å². The molecule has 1 aliphatic heterocycles. The van der Waals surface area contributed by atoms with Gasteiger partial charge in [0.15, 0.2) is 0 Å². The van der Waals surface area contributed by atoms with Gasteiger partial charge in [-0.1, -0.05) is 6.42 Å². The van der Waals surface area contributed by atoms with E-state index in [0.29, 0.717) is 25.6 Å². The highest BCUT2D eigenvalue weighted by Gasteiger charge is 2.32. The Labute approximate surface area is 140 Å². The Hall–Kier alpha value is -1.18. The number of amides is 2. The number of aliphatic hydroxyl groups excluding tert-OH is 1. The summed E-state index contributed by atoms with van der Waals surface area (Å²) in [7, 11) is 0. The van der Waals surface area contributed by atoms with Crippen molar-refractivity contribution >= 4 is 17.4 Å². The van der Waals surface area contributed by atoms with Crippen LogP contribution in [-0.2, 0) is 4.74 Å². The van der Waals surface area contributed by atoms with E-state index in [4.69, 9.17) is 9.84 Å². The third-order valence-electron chi connectivity index (χ3n) is 4.73. The van der Waals surface area contributed by atoms with Crippen LogP contribution in [0.25, 0.3) is 0 Å². The quantitative estimate of drug-likeness (QED) is 0.881. The van der Waals surface area contributed by atoms with Crippen molar-refractivity contribution in [2.75, 3.05) is 26.3 Å². The molecule has 1 saturated heterocycles. The Kier molecular flexibility index (Phi) is 5.50. The summed E-state index contributed by atoms with van der Waals surface area (Å²) >= 11 is 1.59. The summed E-state index contributed by atoms with van der Waals surface area (Å²) in [5.74, 6) is 0.405. The summed E-state index contributed by atoms with van der Waals surface area (Å²) in [6.07, 6.45) is 3.88. The highest BCUT2D eigenvalue weighted by atomic mass is 32.1. The fraction of sp³-hybridized carbons (Fsp3) is 0.750. The number of urea groups is 1. The molecule has 0 aromatic carbocycles. The second-order valence-electron chi connectivity index (χ2n) is 6.39. The average Bonchev–Trinajstić information content (AvgIpc) is 3.17. The van der Waals surface area contributed by atoms with Crippen molar-refractivity contribution in [3.8, 4) is 0 Å². The Morgan fingerprint density at radius 2 is 2.43 bits per heavy atom. The number of aliphatic hydroxyl groups is 1. The molecule has 3 rings (SSSR count). The Balaban J connectivity index is 1.56. The summed E-state index contributed by atoms with van der Waals surface area (Å²) in [6.45, 7) is 3.87. The predicted octanol–water partition coefficient (Wildman–Crippen LogP) is 2.09. The summed E-state index contributed by atoms with van der Waals surface area (Å²) in [6, 6.07) is 0.180. The average molecular weight is 339 g/mol. The topological polar surface area (TPSA) is 74.7 Å². The molecule has 0 spiro atoms. The maximum atomic E-state index is 12.6. The van der Waals surface area contributed by atoms with E-state index in [2.05, 4.69) is 10.3 Å². The molecule has 1 aliphatic carbocycles. The van der Waals surface area contributed by atoms with Gasteiger partial charge in [0.1, 0.15) is 11.1 Å². The molecule has 0 radical (unpaired) electrons. The number of nitrogens with one attached hydrogen (secondary N) is 1. The minimum Gasteiger partial charge on any atom is -0.396 e. The summed E-state index contributed by atoms with van der Waals surface area (Å²) in [5, 5.41) is 15.3. The molecule has 1 aromatic heterocycles. The second kappa shape index (κ2) is 7.59. The molecule has 2 fully saturated rings. The highest BCUT2D eigenvalue weighted by molar-refractivity contribution is 7.09. The van der Waals surface area contributed by atoms with Crippen LogP contribution in [0.2, 0.25) is 0 Å². The third kappa shape index (κ3) is 4.02. The molecule has 2 aliphatic rings. The van der Waals surface area contributed by atoms with Gasteiger partial charge in [-0.2, -0.15) is 0 Å². The first kappa shape index (κ1) is 16.7. The van der Waals surface area contributed by atoms with Gasteiger partial charge >= 0.3 is 6.03 Å². The van der Waals surface area contributed by atoms with Crippen LogP contribution in [0.5, 0.6) is 0 Å². The molecule has 3 atom stereocenters. The third-order valence-corrected chi connectivity index (χ3v) is 5.79. The number of rotatable bonds is 4. The number of ether oxygens (including phenoxy) is 1. The van der Waals surface area contributed by atoms with Crippen molar-refractivity contribution in [2.24, 2.45) is 5.92 Å². The van der Waals surface area contributed by atoms with Gasteiger partial charge in [0.2, 0.25) is 0 Å². The van der Waals surface area contributed by atoms with Crippen molar-refractivity contribution in [1.29, 1.82) is 0 Å². The lowest BCUT2D eigenvalue weighted by Crippen LogP contribution is -2.50. The largest absolute Gasteiger partial charge is 0.396 e. The van der Waals surface area contributed by atoms with E-state index in [1.165, 1.54) is 0 Å². The van der Waals surface area contributed by atoms with E-state index < -0.39 is 0 Å². The van der Waals surface area contributed by atoms with Crippen LogP contribution in [0.1, 0.15) is 42.5 Å². The van der Waals surface area contributed by atoms with Crippen molar-refractivity contribution in [2.45, 2.75) is 44.8 Å². The molecule has 7 heteroatoms. The van der Waals surface area contributed by atoms with Crippen LogP contribution >= 0.6 is 11.3 Å². The monoisotopic (exact) mass is 339 g/mol. The number of morpholine rings is 1. The first-order valence-electron chi connectivity index (χ1n) is 8.37. The van der Waals surface area contributed by atoms with E-state index >= 15 is 0 Å². The number of hydrogen-bond donors (Lipinski definition) is 2. The minimum atomic E-state index is -0.120. The predicted molar refractivity (Wildman–Crippen MR) is 88.5 cm³/mol. The number of carbonyl (C=O) groups is 1. The van der Waals surface area contributed by atoms with E-state index in [9.17, 15) is 4.79 Å². The van der Waals surface area contributed by atoms with Crippen LogP contribution in [-0.4, -0.2) is 53.4 Å². The lowest BCUT2D eigenvalue weighted by atomic mass is 10.0. The van der Waals surface area contributed by atoms with Gasteiger partial charge in [0, 0.05) is 30.3 Å². The summed E-state index contributed by atoms with van der Waals surface area (Å²) in [4.78, 5) is 18.9. The van der Waals surface area contributed by atoms with Crippen LogP contribution in [0.15, 0.2) is 5.38 Å². The molecule has 2 N–H and O–H groups in total. The molecule has 128 valence electrons. The lowest BCUT2D eigenvalue weighted by Gasteiger charge is -2.33. The first-order chi connectivity index (χ1) is 11.2. The van der Waals surface area contributed by atoms with E-state index in [-0.39, 0.29) is 24.8 Å². The smallest absolute Gasteiger partial charge is 0.317 e. The maximum absolute atomic E-state index is 12.6. The molecule has 2 heterocycles. The van der Waals surface area contributed by atoms with Crippen LogP contribution in [0.3, 0.4) is 0 Å². The molecular weight excluding hydrogens is 314 g/mol. The van der Waals surface area contributed by atoms with Gasteiger partial charge in [0.25, 0.3) is 0 Å². The zero-order valence-electron chi connectivity index (χ0n) is 13.5. The highest BCUT2D eigenvalue weighted by Crippen LogP contribution is 2.29. The SMILES string of the molecule is Cc1csc([C@@H]2CN(C(=O)N[C@@H]3CCC[C@@H]3CCO)CCO2)n1. The number of carbonyl (C=O) groups excluding carboxylic acids is 1. The van der Waals surface area contributed by atoms with E-state index in [1.807, 2.05) is 17.2 Å². The van der Waals surface area contributed by atoms with Gasteiger partial charge in [-0.25, -0.2) is 9.78 Å². The van der Waals surface area contributed by atoms with Crippen molar-refractivity contribution < 1.29 is 14.6 Å². The number of aromatic nitrogens is 1. The molecule has 2 amide bonds. The minimum absolute atomic E-state index is 0.0126. The molecule has 23 heavy (non-hydrogen) atoms. The van der Waals surface area contributed by atoms with Crippen LogP contribution in [0.4, 0.5) is 4.79 Å². The van der Waals surface area contributed by atoms with Gasteiger partial charge < -0.3 is 20.1 Å². The number of nitrogens with zero attached hydrogens (tertiary/aromatic N) is 2. The van der Waals surface area contributed by atoms with Gasteiger partial charge in [-0.15, -0.1) is 11.3 Å². The van der Waals surface area contributed by atoms with Crippen molar-refractivity contribution in [3.05, 3.63) is 16.1 Å². The van der Waals surface area contributed by atoms with Crippen molar-refractivity contribution in [1.82, 2.24) is 15.2 Å². The Morgan fingerprint density at radius 3 is 3.17 bits per heavy atom. The number of thiazole rings is 1. The molecule has 0 bridgehead atoms. The molecular formula is C16H25N3O3S. The number of aryl methyl sites for hydroxylation is 1. The fourth-order valence-electron chi connectivity index (χ4n) is 3.49. The van der Waals surface area contributed by atoms with E-state index in [1.54, 1.807) is 11.3 Å². The Morgan fingerprint density at radius 1 is 1.57 bits per heavy atom. The zero-order valence-corrected chi connectivity index (χ0v) is 14.3. The van der Waals surface area contributed by atoms with Gasteiger partial charge in [-0.3, -0.25) is 0 Å². The fourth-order valence-corrected chi connectivity index (χ4v) is 4.33. The summed E-state index contributed by atoms with van der Waals surface area (Å²) in [5.41, 5.74) is 0.993. The lowest BCUT2D eigenvalue weighted by molar-refractivity contribution is -0.0161. The number of hydrogen-bond acceptors (Lipinski definition) is 5. The summed E-state index contributed by atoms with van der Waals surface area (Å²) < 4.78 is 5.78.